The molecule has 0 radical (unpaired) electrons. The van der Waals surface area contributed by atoms with E-state index in [9.17, 15) is 0 Å². The molecule has 0 saturated carbocycles. The molecule has 0 spiro atoms. The fourth-order valence-corrected chi connectivity index (χ4v) is 4.35. The number of hydrogen-bond acceptors (Lipinski definition) is 2. The van der Waals surface area contributed by atoms with Gasteiger partial charge in [0.1, 0.15) is 0 Å². The molecule has 154 valence electrons. The molecule has 1 aromatic heterocycles. The zero-order valence-electron chi connectivity index (χ0n) is 17.2. The van der Waals surface area contributed by atoms with Gasteiger partial charge in [-0.2, -0.15) is 0 Å². The van der Waals surface area contributed by atoms with Crippen molar-refractivity contribution in [2.24, 2.45) is 0 Å². The summed E-state index contributed by atoms with van der Waals surface area (Å²) in [7, 11) is 0. The van der Waals surface area contributed by atoms with Crippen molar-refractivity contribution in [1.29, 1.82) is 0 Å². The summed E-state index contributed by atoms with van der Waals surface area (Å²) in [6, 6.07) is 8.27. The van der Waals surface area contributed by atoms with E-state index in [1.807, 2.05) is 17.8 Å². The number of aromatic amines is 1. The number of nitrogens with zero attached hydrogens (tertiary/aromatic N) is 1. The average Bonchev–Trinajstić information content (AvgIpc) is 3.07. The van der Waals surface area contributed by atoms with E-state index in [2.05, 4.69) is 35.1 Å². The molecule has 1 aromatic carbocycles. The second-order valence-electron chi connectivity index (χ2n) is 7.50. The van der Waals surface area contributed by atoms with Crippen molar-refractivity contribution >= 4 is 39.8 Å². The summed E-state index contributed by atoms with van der Waals surface area (Å²) in [5, 5.41) is 1.07. The Morgan fingerprint density at radius 2 is 1.26 bits per heavy atom. The standard InChI is InChI=1S/C23H38N2S.BrH/c1-2-3-4-5-6-7-8-9-10-11-12-13-14-17-20-26-23-24-21-18-15-16-19-22(21)25-23;/h15-16,18-19H,2-14,17,20H2,1H3,(H,24,25);1H. The number of rotatable bonds is 16. The number of aromatic nitrogens is 2. The molecule has 0 fully saturated rings. The van der Waals surface area contributed by atoms with E-state index in [-0.39, 0.29) is 17.0 Å². The van der Waals surface area contributed by atoms with Crippen molar-refractivity contribution in [3.63, 3.8) is 0 Å². The lowest BCUT2D eigenvalue weighted by molar-refractivity contribution is 0.538. The highest BCUT2D eigenvalue weighted by molar-refractivity contribution is 8.93. The number of unbranched alkanes of at least 4 members (excludes halogenated alkanes) is 13. The third-order valence-electron chi connectivity index (χ3n) is 5.10. The van der Waals surface area contributed by atoms with Crippen LogP contribution in [-0.4, -0.2) is 15.7 Å². The monoisotopic (exact) mass is 454 g/mol. The number of halogens is 1. The minimum atomic E-state index is 0. The van der Waals surface area contributed by atoms with Crippen molar-refractivity contribution in [1.82, 2.24) is 9.97 Å². The Hall–Kier alpha value is -0.480. The molecule has 1 N–H and O–H groups in total. The van der Waals surface area contributed by atoms with Gasteiger partial charge in [0.2, 0.25) is 0 Å². The smallest absolute Gasteiger partial charge is 0.166 e. The Balaban J connectivity index is 0.00000364. The van der Waals surface area contributed by atoms with Crippen molar-refractivity contribution in [3.05, 3.63) is 24.3 Å². The van der Waals surface area contributed by atoms with Crippen LogP contribution in [-0.2, 0) is 0 Å². The molecule has 2 aromatic rings. The first-order valence-corrected chi connectivity index (χ1v) is 12.0. The summed E-state index contributed by atoms with van der Waals surface area (Å²) in [4.78, 5) is 8.02. The molecule has 0 bridgehead atoms. The molecule has 0 saturated heterocycles. The molecule has 0 aliphatic rings. The van der Waals surface area contributed by atoms with E-state index in [1.54, 1.807) is 0 Å². The van der Waals surface area contributed by atoms with Gasteiger partial charge >= 0.3 is 0 Å². The van der Waals surface area contributed by atoms with Crippen LogP contribution in [0, 0.1) is 0 Å². The molecule has 0 aliphatic carbocycles. The van der Waals surface area contributed by atoms with Crippen molar-refractivity contribution in [3.8, 4) is 0 Å². The number of thioether (sulfide) groups is 1. The van der Waals surface area contributed by atoms with Crippen LogP contribution in [0.15, 0.2) is 29.4 Å². The zero-order valence-corrected chi connectivity index (χ0v) is 19.7. The van der Waals surface area contributed by atoms with E-state index in [0.717, 1.165) is 16.2 Å². The predicted octanol–water partition coefficient (Wildman–Crippen LogP) is 8.71. The predicted molar refractivity (Wildman–Crippen MR) is 127 cm³/mol. The fourth-order valence-electron chi connectivity index (χ4n) is 3.46. The minimum absolute atomic E-state index is 0. The van der Waals surface area contributed by atoms with E-state index >= 15 is 0 Å². The van der Waals surface area contributed by atoms with Gasteiger partial charge in [0.25, 0.3) is 0 Å². The number of fused-ring (bicyclic) bond motifs is 1. The molecule has 4 heteroatoms. The van der Waals surface area contributed by atoms with Crippen LogP contribution in [0.25, 0.3) is 11.0 Å². The lowest BCUT2D eigenvalue weighted by atomic mass is 10.0. The summed E-state index contributed by atoms with van der Waals surface area (Å²) in [6.07, 6.45) is 19.9. The van der Waals surface area contributed by atoms with Gasteiger partial charge in [-0.15, -0.1) is 17.0 Å². The highest BCUT2D eigenvalue weighted by Crippen LogP contribution is 2.21. The first-order chi connectivity index (χ1) is 12.9. The Morgan fingerprint density at radius 3 is 1.81 bits per heavy atom. The van der Waals surface area contributed by atoms with Gasteiger partial charge in [-0.25, -0.2) is 4.98 Å². The molecule has 2 rings (SSSR count). The van der Waals surface area contributed by atoms with E-state index in [1.165, 1.54) is 95.6 Å². The summed E-state index contributed by atoms with van der Waals surface area (Å²) in [5.41, 5.74) is 2.23. The van der Waals surface area contributed by atoms with Crippen LogP contribution < -0.4 is 0 Å². The summed E-state index contributed by atoms with van der Waals surface area (Å²) < 4.78 is 0. The topological polar surface area (TPSA) is 28.7 Å². The molecule has 0 atom stereocenters. The van der Waals surface area contributed by atoms with E-state index in [4.69, 9.17) is 0 Å². The van der Waals surface area contributed by atoms with Gasteiger partial charge in [0, 0.05) is 5.75 Å². The lowest BCUT2D eigenvalue weighted by Gasteiger charge is -2.03. The summed E-state index contributed by atoms with van der Waals surface area (Å²) in [6.45, 7) is 2.29. The van der Waals surface area contributed by atoms with Gasteiger partial charge in [-0.1, -0.05) is 114 Å². The van der Waals surface area contributed by atoms with E-state index in [0.29, 0.717) is 0 Å². The van der Waals surface area contributed by atoms with Crippen molar-refractivity contribution < 1.29 is 0 Å². The largest absolute Gasteiger partial charge is 0.333 e. The summed E-state index contributed by atoms with van der Waals surface area (Å²) in [5.74, 6) is 1.18. The molecule has 0 aliphatic heterocycles. The quantitative estimate of drug-likeness (QED) is 0.202. The van der Waals surface area contributed by atoms with Gasteiger partial charge in [0.05, 0.1) is 11.0 Å². The molecule has 2 nitrogen and oxygen atoms in total. The molecule has 0 unspecified atom stereocenters. The lowest BCUT2D eigenvalue weighted by Crippen LogP contribution is -1.85. The minimum Gasteiger partial charge on any atom is -0.333 e. The Labute approximate surface area is 181 Å². The molecule has 27 heavy (non-hydrogen) atoms. The average molecular weight is 456 g/mol. The van der Waals surface area contributed by atoms with Gasteiger partial charge in [0.15, 0.2) is 5.16 Å². The van der Waals surface area contributed by atoms with Crippen molar-refractivity contribution in [2.45, 2.75) is 102 Å². The maximum Gasteiger partial charge on any atom is 0.166 e. The zero-order chi connectivity index (χ0) is 18.3. The molecule has 0 amide bonds. The number of imidazole rings is 1. The fraction of sp³-hybridized carbons (Fsp3) is 0.696. The normalized spacial score (nSPS) is 11.0. The van der Waals surface area contributed by atoms with Gasteiger partial charge < -0.3 is 4.98 Å². The molecular weight excluding hydrogens is 416 g/mol. The van der Waals surface area contributed by atoms with Crippen LogP contribution >= 0.6 is 28.7 Å². The van der Waals surface area contributed by atoms with Crippen LogP contribution in [0.4, 0.5) is 0 Å². The summed E-state index contributed by atoms with van der Waals surface area (Å²) >= 11 is 1.86. The van der Waals surface area contributed by atoms with Crippen LogP contribution in [0.1, 0.15) is 96.8 Å². The van der Waals surface area contributed by atoms with Crippen LogP contribution in [0.3, 0.4) is 0 Å². The van der Waals surface area contributed by atoms with Crippen molar-refractivity contribution in [2.75, 3.05) is 5.75 Å². The first-order valence-electron chi connectivity index (χ1n) is 11.0. The van der Waals surface area contributed by atoms with Crippen LogP contribution in [0.5, 0.6) is 0 Å². The maximum absolute atomic E-state index is 4.62. The number of nitrogens with one attached hydrogen (secondary N) is 1. The van der Waals surface area contributed by atoms with E-state index < -0.39 is 0 Å². The maximum atomic E-state index is 4.62. The number of hydrogen-bond donors (Lipinski definition) is 1. The van der Waals surface area contributed by atoms with Gasteiger partial charge in [-0.05, 0) is 18.6 Å². The second-order valence-corrected chi connectivity index (χ2v) is 8.59. The SMILES string of the molecule is Br.CCCCCCCCCCCCCCCCSc1nc2ccccc2[nH]1. The Bertz CT molecular complexity index is 552. The van der Waals surface area contributed by atoms with Gasteiger partial charge in [-0.3, -0.25) is 0 Å². The number of para-hydroxylation sites is 2. The van der Waals surface area contributed by atoms with Crippen LogP contribution in [0.2, 0.25) is 0 Å². The third-order valence-corrected chi connectivity index (χ3v) is 6.06. The first kappa shape index (κ1) is 24.6. The second kappa shape index (κ2) is 16.5. The third kappa shape index (κ3) is 11.2. The Kier molecular flexibility index (Phi) is 15.0. The highest BCUT2D eigenvalue weighted by Gasteiger charge is 2.02. The highest BCUT2D eigenvalue weighted by atomic mass is 79.9. The number of benzene rings is 1. The number of H-pyrrole nitrogens is 1. The molecule has 1 heterocycles. The molecular formula is C23H39BrN2S. The Morgan fingerprint density at radius 1 is 0.741 bits per heavy atom.